The summed E-state index contributed by atoms with van der Waals surface area (Å²) in [5.41, 5.74) is 2.04. The zero-order chi connectivity index (χ0) is 13.5. The number of aryl methyl sites for hydroxylation is 1. The minimum atomic E-state index is -0.828. The molecule has 0 heterocycles. The molecule has 0 aliphatic carbocycles. The Morgan fingerprint density at radius 2 is 2.00 bits per heavy atom. The molecule has 1 aromatic rings. The lowest BCUT2D eigenvalue weighted by atomic mass is 10.1. The van der Waals surface area contributed by atoms with Crippen LogP contribution in [0.3, 0.4) is 0 Å². The molecule has 1 rings (SSSR count). The van der Waals surface area contributed by atoms with Gasteiger partial charge in [-0.25, -0.2) is 0 Å². The van der Waals surface area contributed by atoms with Crippen LogP contribution in [0.4, 0.5) is 0 Å². The molecule has 3 nitrogen and oxygen atoms in total. The van der Waals surface area contributed by atoms with Gasteiger partial charge in [0.2, 0.25) is 0 Å². The van der Waals surface area contributed by atoms with Crippen molar-refractivity contribution in [3.63, 3.8) is 0 Å². The average molecular weight is 288 g/mol. The summed E-state index contributed by atoms with van der Waals surface area (Å²) < 4.78 is 0. The van der Waals surface area contributed by atoms with Gasteiger partial charge < -0.3 is 10.4 Å². The molecule has 0 amide bonds. The van der Waals surface area contributed by atoms with Crippen LogP contribution < -0.4 is 5.32 Å². The summed E-state index contributed by atoms with van der Waals surface area (Å²) in [5.74, 6) is -0.179. The summed E-state index contributed by atoms with van der Waals surface area (Å²) in [7, 11) is 0. The van der Waals surface area contributed by atoms with Crippen molar-refractivity contribution in [3.8, 4) is 0 Å². The molecule has 0 aliphatic rings. The molecule has 0 spiro atoms. The first-order valence-corrected chi connectivity index (χ1v) is 6.37. The van der Waals surface area contributed by atoms with E-state index in [1.807, 2.05) is 19.1 Å². The number of nitrogens with one attached hydrogen (secondary N) is 1. The van der Waals surface area contributed by atoms with Gasteiger partial charge in [0, 0.05) is 23.9 Å². The fraction of sp³-hybridized carbons (Fsp3) is 0.308. The van der Waals surface area contributed by atoms with Gasteiger partial charge in [-0.1, -0.05) is 53.0 Å². The van der Waals surface area contributed by atoms with E-state index >= 15 is 0 Å². The molecule has 0 unspecified atom stereocenters. The minimum Gasteiger partial charge on any atom is -0.395 e. The van der Waals surface area contributed by atoms with E-state index in [1.165, 1.54) is 6.08 Å². The van der Waals surface area contributed by atoms with Crippen molar-refractivity contribution >= 4 is 29.0 Å². The van der Waals surface area contributed by atoms with E-state index in [9.17, 15) is 4.79 Å². The molecule has 5 heteroatoms. The molecular formula is C13H15Cl2NO2. The van der Waals surface area contributed by atoms with E-state index in [0.29, 0.717) is 17.8 Å². The first kappa shape index (κ1) is 15.0. The fourth-order valence-electron chi connectivity index (χ4n) is 1.33. The highest BCUT2D eigenvalue weighted by Crippen LogP contribution is 2.13. The number of benzene rings is 1. The van der Waals surface area contributed by atoms with E-state index in [4.69, 9.17) is 28.3 Å². The van der Waals surface area contributed by atoms with Crippen LogP contribution in [0.25, 0.3) is 0 Å². The third-order valence-corrected chi connectivity index (χ3v) is 2.77. The van der Waals surface area contributed by atoms with Crippen molar-refractivity contribution in [2.75, 3.05) is 13.2 Å². The van der Waals surface area contributed by atoms with Crippen LogP contribution in [-0.2, 0) is 0 Å². The van der Waals surface area contributed by atoms with Crippen LogP contribution in [-0.4, -0.2) is 28.9 Å². The Balaban J connectivity index is 2.83. The number of alkyl halides is 2. The van der Waals surface area contributed by atoms with Gasteiger partial charge in [0.25, 0.3) is 0 Å². The lowest BCUT2D eigenvalue weighted by molar-refractivity contribution is 0.104. The Labute approximate surface area is 116 Å². The van der Waals surface area contributed by atoms with Crippen molar-refractivity contribution in [2.45, 2.75) is 11.8 Å². The Kier molecular flexibility index (Phi) is 6.19. The molecule has 0 radical (unpaired) electrons. The van der Waals surface area contributed by atoms with E-state index in [-0.39, 0.29) is 12.4 Å². The van der Waals surface area contributed by atoms with Gasteiger partial charge in [0.05, 0.1) is 6.61 Å². The van der Waals surface area contributed by atoms with Crippen LogP contribution in [0, 0.1) is 6.92 Å². The summed E-state index contributed by atoms with van der Waals surface area (Å²) in [5, 5.41) is 11.5. The fourth-order valence-corrected chi connectivity index (χ4v) is 1.61. The molecule has 18 heavy (non-hydrogen) atoms. The number of ketones is 1. The van der Waals surface area contributed by atoms with Crippen LogP contribution in [0.15, 0.2) is 36.0 Å². The summed E-state index contributed by atoms with van der Waals surface area (Å²) in [6, 6.07) is 7.21. The lowest BCUT2D eigenvalue weighted by Crippen LogP contribution is -2.22. The first-order valence-electron chi connectivity index (χ1n) is 5.50. The second-order valence-corrected chi connectivity index (χ2v) is 4.88. The minimum absolute atomic E-state index is 0.0590. The van der Waals surface area contributed by atoms with Gasteiger partial charge in [-0.15, -0.1) is 0 Å². The maximum Gasteiger partial charge on any atom is 0.187 e. The van der Waals surface area contributed by atoms with Crippen molar-refractivity contribution in [3.05, 3.63) is 47.2 Å². The van der Waals surface area contributed by atoms with Gasteiger partial charge in [0.1, 0.15) is 4.84 Å². The summed E-state index contributed by atoms with van der Waals surface area (Å²) in [6.07, 6.45) is 1.35. The van der Waals surface area contributed by atoms with Crippen LogP contribution in [0.2, 0.25) is 0 Å². The number of hydrogen-bond donors (Lipinski definition) is 2. The maximum atomic E-state index is 11.9. The zero-order valence-corrected chi connectivity index (χ0v) is 11.5. The topological polar surface area (TPSA) is 49.3 Å². The molecule has 0 aromatic heterocycles. The highest BCUT2D eigenvalue weighted by Gasteiger charge is 2.10. The van der Waals surface area contributed by atoms with Gasteiger partial charge in [-0.3, -0.25) is 4.79 Å². The average Bonchev–Trinajstić information content (AvgIpc) is 2.34. The SMILES string of the molecule is Cc1ccc(C(=O)C=C(NCCO)C(Cl)Cl)cc1. The molecule has 1 aromatic carbocycles. The number of halogens is 2. The van der Waals surface area contributed by atoms with Crippen LogP contribution in [0.5, 0.6) is 0 Å². The number of allylic oxidation sites excluding steroid dienone is 2. The highest BCUT2D eigenvalue weighted by molar-refractivity contribution is 6.46. The van der Waals surface area contributed by atoms with Gasteiger partial charge >= 0.3 is 0 Å². The summed E-state index contributed by atoms with van der Waals surface area (Å²) in [4.78, 5) is 11.1. The third-order valence-electron chi connectivity index (χ3n) is 2.30. The second kappa shape index (κ2) is 7.41. The monoisotopic (exact) mass is 287 g/mol. The number of aliphatic hydroxyl groups excluding tert-OH is 1. The van der Waals surface area contributed by atoms with Crippen molar-refractivity contribution in [2.24, 2.45) is 0 Å². The molecule has 0 saturated heterocycles. The summed E-state index contributed by atoms with van der Waals surface area (Å²) >= 11 is 11.5. The van der Waals surface area contributed by atoms with Crippen molar-refractivity contribution < 1.29 is 9.90 Å². The summed E-state index contributed by atoms with van der Waals surface area (Å²) in [6.45, 7) is 2.19. The second-order valence-electron chi connectivity index (χ2n) is 3.78. The van der Waals surface area contributed by atoms with Gasteiger partial charge in [-0.2, -0.15) is 0 Å². The molecule has 0 atom stereocenters. The van der Waals surface area contributed by atoms with Gasteiger partial charge in [-0.05, 0) is 6.92 Å². The van der Waals surface area contributed by atoms with Crippen molar-refractivity contribution in [1.29, 1.82) is 0 Å². The molecule has 0 bridgehead atoms. The smallest absolute Gasteiger partial charge is 0.187 e. The van der Waals surface area contributed by atoms with Crippen LogP contribution >= 0.6 is 23.2 Å². The van der Waals surface area contributed by atoms with Gasteiger partial charge in [0.15, 0.2) is 5.78 Å². The first-order chi connectivity index (χ1) is 8.54. The molecule has 0 saturated carbocycles. The lowest BCUT2D eigenvalue weighted by Gasteiger charge is -2.10. The number of rotatable bonds is 6. The largest absolute Gasteiger partial charge is 0.395 e. The quantitative estimate of drug-likeness (QED) is 0.480. The standard InChI is InChI=1S/C13H15Cl2NO2/c1-9-2-4-10(5-3-9)12(18)8-11(13(14)15)16-6-7-17/h2-5,8,13,16-17H,6-7H2,1H3. The number of aliphatic hydroxyl groups is 1. The Hall–Kier alpha value is -1.03. The molecule has 0 fully saturated rings. The number of carbonyl (C=O) groups excluding carboxylic acids is 1. The zero-order valence-electron chi connectivity index (χ0n) is 9.99. The third kappa shape index (κ3) is 4.69. The molecular weight excluding hydrogens is 273 g/mol. The van der Waals surface area contributed by atoms with E-state index < -0.39 is 4.84 Å². The van der Waals surface area contributed by atoms with E-state index in [0.717, 1.165) is 5.56 Å². The Morgan fingerprint density at radius 3 is 2.50 bits per heavy atom. The number of hydrogen-bond acceptors (Lipinski definition) is 3. The van der Waals surface area contributed by atoms with Crippen LogP contribution in [0.1, 0.15) is 15.9 Å². The Bertz CT molecular complexity index is 427. The normalized spacial score (nSPS) is 11.7. The van der Waals surface area contributed by atoms with E-state index in [1.54, 1.807) is 12.1 Å². The maximum absolute atomic E-state index is 11.9. The van der Waals surface area contributed by atoms with E-state index in [2.05, 4.69) is 5.32 Å². The Morgan fingerprint density at radius 1 is 1.39 bits per heavy atom. The molecule has 0 aliphatic heterocycles. The number of carbonyl (C=O) groups is 1. The van der Waals surface area contributed by atoms with Crippen molar-refractivity contribution in [1.82, 2.24) is 5.32 Å². The predicted molar refractivity (Wildman–Crippen MR) is 74.2 cm³/mol. The molecule has 2 N–H and O–H groups in total. The molecule has 98 valence electrons. The highest BCUT2D eigenvalue weighted by atomic mass is 35.5. The predicted octanol–water partition coefficient (Wildman–Crippen LogP) is 2.45.